The third-order valence-electron chi connectivity index (χ3n) is 3.50. The Bertz CT molecular complexity index is 356. The molecule has 0 radical (unpaired) electrons. The highest BCUT2D eigenvalue weighted by Gasteiger charge is 2.22. The maximum Gasteiger partial charge on any atom is 0.0900 e. The summed E-state index contributed by atoms with van der Waals surface area (Å²) in [5.74, 6) is 0. The molecule has 0 saturated carbocycles. The summed E-state index contributed by atoms with van der Waals surface area (Å²) in [5.41, 5.74) is 7.35. The number of hydrogen-bond acceptors (Lipinski definition) is 4. The van der Waals surface area contributed by atoms with Crippen LogP contribution in [0.1, 0.15) is 55.2 Å². The molecule has 17 heavy (non-hydrogen) atoms. The van der Waals surface area contributed by atoms with Gasteiger partial charge in [0.2, 0.25) is 0 Å². The van der Waals surface area contributed by atoms with E-state index in [-0.39, 0.29) is 5.54 Å². The number of aromatic nitrogens is 1. The van der Waals surface area contributed by atoms with Gasteiger partial charge < -0.3 is 11.1 Å². The Hall–Kier alpha value is -0.450. The van der Waals surface area contributed by atoms with Crippen molar-refractivity contribution in [3.63, 3.8) is 0 Å². The number of nitrogens with zero attached hydrogens (tertiary/aromatic N) is 1. The van der Waals surface area contributed by atoms with Crippen LogP contribution in [0.15, 0.2) is 0 Å². The first-order chi connectivity index (χ1) is 7.91. The molecule has 0 saturated heterocycles. The van der Waals surface area contributed by atoms with Crippen LogP contribution < -0.4 is 11.1 Å². The Morgan fingerprint density at radius 2 is 1.94 bits per heavy atom. The summed E-state index contributed by atoms with van der Waals surface area (Å²) in [6.45, 7) is 11.5. The second-order valence-electron chi connectivity index (χ2n) is 4.85. The van der Waals surface area contributed by atoms with Crippen LogP contribution in [0.5, 0.6) is 0 Å². The molecule has 1 aromatic heterocycles. The molecule has 0 aliphatic rings. The number of nitrogens with two attached hydrogens (primary N) is 1. The van der Waals surface area contributed by atoms with E-state index in [2.05, 4.69) is 44.9 Å². The van der Waals surface area contributed by atoms with Crippen LogP contribution in [-0.2, 0) is 0 Å². The Kier molecular flexibility index (Phi) is 5.10. The van der Waals surface area contributed by atoms with Crippen molar-refractivity contribution in [2.24, 2.45) is 5.73 Å². The second-order valence-corrected chi connectivity index (χ2v) is 6.09. The maximum atomic E-state index is 6.29. The number of thiazole rings is 1. The number of hydrogen-bond donors (Lipinski definition) is 2. The fraction of sp³-hybridized carbons (Fsp3) is 0.769. The smallest absolute Gasteiger partial charge is 0.0900 e. The average Bonchev–Trinajstić information content (AvgIpc) is 2.65. The number of rotatable bonds is 6. The minimum Gasteiger partial charge on any atom is -0.324 e. The number of aryl methyl sites for hydroxylation is 2. The molecule has 1 unspecified atom stereocenters. The first-order valence-corrected chi connectivity index (χ1v) is 7.19. The molecule has 1 aromatic rings. The predicted octanol–water partition coefficient (Wildman–Crippen LogP) is 2.93. The largest absolute Gasteiger partial charge is 0.324 e. The lowest BCUT2D eigenvalue weighted by atomic mass is 9.94. The molecule has 0 aromatic carbocycles. The van der Waals surface area contributed by atoms with E-state index in [4.69, 9.17) is 5.73 Å². The van der Waals surface area contributed by atoms with Crippen LogP contribution >= 0.6 is 11.3 Å². The lowest BCUT2D eigenvalue weighted by Crippen LogP contribution is -2.48. The van der Waals surface area contributed by atoms with Crippen molar-refractivity contribution in [1.82, 2.24) is 10.3 Å². The van der Waals surface area contributed by atoms with E-state index in [0.717, 1.165) is 30.1 Å². The highest BCUT2D eigenvalue weighted by atomic mass is 32.1. The van der Waals surface area contributed by atoms with E-state index in [1.54, 1.807) is 11.3 Å². The van der Waals surface area contributed by atoms with Gasteiger partial charge in [0.1, 0.15) is 0 Å². The van der Waals surface area contributed by atoms with Gasteiger partial charge in [0.25, 0.3) is 0 Å². The normalized spacial score (nSPS) is 14.0. The van der Waals surface area contributed by atoms with E-state index in [1.807, 2.05) is 0 Å². The van der Waals surface area contributed by atoms with Gasteiger partial charge in [0.05, 0.1) is 10.7 Å². The molecule has 3 nitrogen and oxygen atoms in total. The quantitative estimate of drug-likeness (QED) is 0.821. The molecular weight excluding hydrogens is 230 g/mol. The second kappa shape index (κ2) is 5.94. The van der Waals surface area contributed by atoms with Crippen molar-refractivity contribution in [1.29, 1.82) is 0 Å². The molecular formula is C13H25N3S. The molecule has 1 rings (SSSR count). The van der Waals surface area contributed by atoms with Gasteiger partial charge in [-0.1, -0.05) is 13.8 Å². The molecule has 4 heteroatoms. The fourth-order valence-electron chi connectivity index (χ4n) is 1.90. The first kappa shape index (κ1) is 14.6. The van der Waals surface area contributed by atoms with E-state index >= 15 is 0 Å². The van der Waals surface area contributed by atoms with Crippen molar-refractivity contribution in [3.8, 4) is 0 Å². The molecule has 0 fully saturated rings. The Labute approximate surface area is 109 Å². The molecule has 98 valence electrons. The van der Waals surface area contributed by atoms with Gasteiger partial charge in [0.15, 0.2) is 0 Å². The third-order valence-corrected chi connectivity index (χ3v) is 4.76. The Balaban J connectivity index is 2.61. The van der Waals surface area contributed by atoms with Gasteiger partial charge in [-0.05, 0) is 33.6 Å². The summed E-state index contributed by atoms with van der Waals surface area (Å²) >= 11 is 1.77. The van der Waals surface area contributed by atoms with Gasteiger partial charge in [-0.2, -0.15) is 0 Å². The molecule has 0 spiro atoms. The first-order valence-electron chi connectivity index (χ1n) is 6.38. The van der Waals surface area contributed by atoms with Gasteiger partial charge in [-0.3, -0.25) is 0 Å². The summed E-state index contributed by atoms with van der Waals surface area (Å²) in [5, 5.41) is 4.68. The summed E-state index contributed by atoms with van der Waals surface area (Å²) in [6.07, 6.45) is 2.01. The van der Waals surface area contributed by atoms with Gasteiger partial charge in [-0.15, -0.1) is 11.3 Å². The zero-order chi connectivity index (χ0) is 13.1. The van der Waals surface area contributed by atoms with Crippen LogP contribution in [-0.4, -0.2) is 17.1 Å². The maximum absolute atomic E-state index is 6.29. The lowest BCUT2D eigenvalue weighted by molar-refractivity contribution is 0.354. The molecule has 1 heterocycles. The van der Waals surface area contributed by atoms with Crippen molar-refractivity contribution < 1.29 is 0 Å². The van der Waals surface area contributed by atoms with E-state index in [9.17, 15) is 0 Å². The van der Waals surface area contributed by atoms with Crippen molar-refractivity contribution in [3.05, 3.63) is 15.6 Å². The topological polar surface area (TPSA) is 50.9 Å². The summed E-state index contributed by atoms with van der Waals surface area (Å²) in [4.78, 5) is 5.79. The van der Waals surface area contributed by atoms with E-state index in [1.165, 1.54) is 4.88 Å². The highest BCUT2D eigenvalue weighted by molar-refractivity contribution is 7.11. The summed E-state index contributed by atoms with van der Waals surface area (Å²) < 4.78 is 0. The summed E-state index contributed by atoms with van der Waals surface area (Å²) in [6, 6.07) is 0.335. The minimum absolute atomic E-state index is 0.0815. The Morgan fingerprint density at radius 1 is 1.35 bits per heavy atom. The zero-order valence-corrected chi connectivity index (χ0v) is 12.4. The van der Waals surface area contributed by atoms with Gasteiger partial charge >= 0.3 is 0 Å². The van der Waals surface area contributed by atoms with Gasteiger partial charge in [0, 0.05) is 23.0 Å². The predicted molar refractivity (Wildman–Crippen MR) is 75.5 cm³/mol. The molecule has 1 atom stereocenters. The van der Waals surface area contributed by atoms with Gasteiger partial charge in [-0.25, -0.2) is 4.98 Å². The third kappa shape index (κ3) is 3.76. The molecule has 0 aliphatic carbocycles. The SMILES string of the molecule is CCC(N)(CC)CNC(C)c1sc(C)nc1C. The molecule has 0 bridgehead atoms. The fourth-order valence-corrected chi connectivity index (χ4v) is 2.85. The van der Waals surface area contributed by atoms with Crippen molar-refractivity contribution in [2.45, 2.75) is 59.0 Å². The monoisotopic (exact) mass is 255 g/mol. The van der Waals surface area contributed by atoms with Crippen LogP contribution in [0.4, 0.5) is 0 Å². The van der Waals surface area contributed by atoms with E-state index in [0.29, 0.717) is 6.04 Å². The standard InChI is InChI=1S/C13H25N3S/c1-6-13(14,7-2)8-15-9(3)12-10(4)16-11(5)17-12/h9,15H,6-8,14H2,1-5H3. The molecule has 0 aliphatic heterocycles. The van der Waals surface area contributed by atoms with Crippen molar-refractivity contribution in [2.75, 3.05) is 6.54 Å². The summed E-state index contributed by atoms with van der Waals surface area (Å²) in [7, 11) is 0. The lowest BCUT2D eigenvalue weighted by Gasteiger charge is -2.28. The Morgan fingerprint density at radius 3 is 2.35 bits per heavy atom. The van der Waals surface area contributed by atoms with Crippen LogP contribution in [0.2, 0.25) is 0 Å². The molecule has 0 amide bonds. The number of nitrogens with one attached hydrogen (secondary N) is 1. The van der Waals surface area contributed by atoms with Crippen LogP contribution in [0.3, 0.4) is 0 Å². The van der Waals surface area contributed by atoms with Crippen LogP contribution in [0.25, 0.3) is 0 Å². The van der Waals surface area contributed by atoms with Crippen LogP contribution in [0, 0.1) is 13.8 Å². The highest BCUT2D eigenvalue weighted by Crippen LogP contribution is 2.24. The van der Waals surface area contributed by atoms with Crippen molar-refractivity contribution >= 4 is 11.3 Å². The van der Waals surface area contributed by atoms with E-state index < -0.39 is 0 Å². The average molecular weight is 255 g/mol. The minimum atomic E-state index is -0.0815. The molecule has 3 N–H and O–H groups in total. The zero-order valence-electron chi connectivity index (χ0n) is 11.6.